The number of alkyl halides is 3. The summed E-state index contributed by atoms with van der Waals surface area (Å²) in [6.07, 6.45) is -2.17. The van der Waals surface area contributed by atoms with Crippen molar-refractivity contribution in [2.24, 2.45) is 5.92 Å². The number of aryl methyl sites for hydroxylation is 1. The molecule has 2 N–H and O–H groups in total. The first-order valence-corrected chi connectivity index (χ1v) is 11.7. The third-order valence-corrected chi connectivity index (χ3v) is 6.21. The Morgan fingerprint density at radius 3 is 2.44 bits per heavy atom. The second kappa shape index (κ2) is 9.56. The number of ether oxygens (including phenoxy) is 1. The Kier molecular flexibility index (Phi) is 6.30. The molecule has 1 aliphatic rings. The van der Waals surface area contributed by atoms with Crippen LogP contribution >= 0.6 is 0 Å². The summed E-state index contributed by atoms with van der Waals surface area (Å²) in [4.78, 5) is 15.9. The fourth-order valence-electron chi connectivity index (χ4n) is 4.48. The number of anilines is 2. The number of hydrogen-bond donors (Lipinski definition) is 2. The molecule has 1 aromatic heterocycles. The van der Waals surface area contributed by atoms with Crippen LogP contribution in [0.3, 0.4) is 0 Å². The van der Waals surface area contributed by atoms with Crippen molar-refractivity contribution >= 4 is 28.6 Å². The number of aromatic nitrogens is 2. The van der Waals surface area contributed by atoms with Crippen LogP contribution in [0.4, 0.5) is 24.8 Å². The third kappa shape index (κ3) is 5.45. The number of nitrogens with zero attached hydrogens (tertiary/aromatic N) is 2. The first kappa shape index (κ1) is 23.7. The lowest BCUT2D eigenvalue weighted by atomic mass is 10.0. The van der Waals surface area contributed by atoms with Crippen LogP contribution in [-0.2, 0) is 11.2 Å². The van der Waals surface area contributed by atoms with Gasteiger partial charge in [0.15, 0.2) is 0 Å². The van der Waals surface area contributed by atoms with Crippen LogP contribution in [0.15, 0.2) is 72.8 Å². The van der Waals surface area contributed by atoms with Gasteiger partial charge in [-0.25, -0.2) is 4.98 Å². The molecule has 1 saturated carbocycles. The molecule has 1 fully saturated rings. The van der Waals surface area contributed by atoms with Gasteiger partial charge in [0.25, 0.3) is 0 Å². The maximum Gasteiger partial charge on any atom is 0.573 e. The zero-order valence-electron chi connectivity index (χ0n) is 19.2. The Morgan fingerprint density at radius 1 is 1.08 bits per heavy atom. The van der Waals surface area contributed by atoms with Crippen molar-refractivity contribution in [3.63, 3.8) is 0 Å². The summed E-state index contributed by atoms with van der Waals surface area (Å²) in [5, 5.41) is 12.3. The second-order valence-corrected chi connectivity index (χ2v) is 8.91. The monoisotopic (exact) mass is 495 g/mol. The Hall–Kier alpha value is -4.01. The van der Waals surface area contributed by atoms with Crippen LogP contribution in [0.1, 0.15) is 36.4 Å². The third-order valence-electron chi connectivity index (χ3n) is 6.21. The van der Waals surface area contributed by atoms with Gasteiger partial charge >= 0.3 is 12.3 Å². The molecule has 0 aliphatic heterocycles. The van der Waals surface area contributed by atoms with Crippen molar-refractivity contribution in [1.29, 1.82) is 0 Å². The number of imidazole rings is 1. The van der Waals surface area contributed by atoms with E-state index < -0.39 is 12.3 Å². The molecule has 1 heterocycles. The summed E-state index contributed by atoms with van der Waals surface area (Å²) in [5.41, 5.74) is 4.20. The van der Waals surface area contributed by atoms with Gasteiger partial charge < -0.3 is 19.7 Å². The van der Waals surface area contributed by atoms with E-state index in [1.165, 1.54) is 24.3 Å². The van der Waals surface area contributed by atoms with Crippen molar-refractivity contribution in [1.82, 2.24) is 9.55 Å². The number of aliphatic carboxylic acids is 1. The van der Waals surface area contributed by atoms with Gasteiger partial charge in [-0.3, -0.25) is 4.79 Å². The Labute approximate surface area is 205 Å². The van der Waals surface area contributed by atoms with E-state index in [-0.39, 0.29) is 18.2 Å². The number of fused-ring (bicyclic) bond motifs is 1. The molecule has 9 heteroatoms. The molecule has 0 bridgehead atoms. The average Bonchev–Trinajstić information content (AvgIpc) is 3.61. The van der Waals surface area contributed by atoms with Crippen LogP contribution in [0, 0.1) is 5.92 Å². The molecular formula is C27H24F3N3O3. The maximum atomic E-state index is 12.5. The van der Waals surface area contributed by atoms with Crippen molar-refractivity contribution < 1.29 is 27.8 Å². The summed E-state index contributed by atoms with van der Waals surface area (Å²) < 4.78 is 43.7. The summed E-state index contributed by atoms with van der Waals surface area (Å²) in [7, 11) is 0. The number of nitrogens with one attached hydrogen (secondary N) is 1. The number of hydrogen-bond acceptors (Lipinski definition) is 4. The molecule has 0 radical (unpaired) electrons. The van der Waals surface area contributed by atoms with Gasteiger partial charge in [-0.15, -0.1) is 13.2 Å². The zero-order chi connectivity index (χ0) is 25.3. The molecule has 6 nitrogen and oxygen atoms in total. The predicted octanol–water partition coefficient (Wildman–Crippen LogP) is 6.70. The molecule has 5 rings (SSSR count). The summed E-state index contributed by atoms with van der Waals surface area (Å²) in [6, 6.07) is 21.5. The van der Waals surface area contributed by atoms with E-state index in [1.54, 1.807) is 0 Å². The van der Waals surface area contributed by atoms with Crippen LogP contribution in [0.5, 0.6) is 5.75 Å². The number of halogens is 3. The Morgan fingerprint density at radius 2 is 1.81 bits per heavy atom. The average molecular weight is 496 g/mol. The van der Waals surface area contributed by atoms with E-state index in [0.717, 1.165) is 35.0 Å². The molecular weight excluding hydrogens is 471 g/mol. The number of carbonyl (C=O) groups is 1. The molecule has 186 valence electrons. The van der Waals surface area contributed by atoms with Crippen molar-refractivity contribution in [3.8, 4) is 5.75 Å². The second-order valence-electron chi connectivity index (χ2n) is 8.91. The van der Waals surface area contributed by atoms with E-state index in [2.05, 4.69) is 26.8 Å². The zero-order valence-corrected chi connectivity index (χ0v) is 19.2. The van der Waals surface area contributed by atoms with Gasteiger partial charge in [0.1, 0.15) is 5.75 Å². The minimum Gasteiger partial charge on any atom is -0.481 e. The smallest absolute Gasteiger partial charge is 0.481 e. The molecule has 1 aliphatic carbocycles. The molecule has 3 aromatic carbocycles. The largest absolute Gasteiger partial charge is 0.573 e. The number of benzene rings is 3. The topological polar surface area (TPSA) is 76.4 Å². The highest BCUT2D eigenvalue weighted by Crippen LogP contribution is 2.46. The lowest BCUT2D eigenvalue weighted by molar-refractivity contribution is -0.274. The number of carboxylic acids is 1. The van der Waals surface area contributed by atoms with E-state index in [1.807, 2.05) is 36.4 Å². The standard InChI is InChI=1S/C27H24F3N3O3/c28-27(29,30)36-21-12-10-20(11-13-21)31-26-32-22-16-17(7-15-24(34)35)6-14-23(22)33(26)25(19-8-9-19)18-4-2-1-3-5-18/h1-6,10-14,16,19,25H,7-9,15H2,(H,31,32)(H,34,35). The van der Waals surface area contributed by atoms with E-state index in [9.17, 15) is 18.0 Å². The SMILES string of the molecule is O=C(O)CCc1ccc2c(c1)nc(Nc1ccc(OC(F)(F)F)cc1)n2C(c1ccccc1)C1CC1. The Bertz CT molecular complexity index is 1360. The van der Waals surface area contributed by atoms with E-state index >= 15 is 0 Å². The molecule has 4 aromatic rings. The van der Waals surface area contributed by atoms with Crippen LogP contribution in [-0.4, -0.2) is 27.0 Å². The molecule has 0 spiro atoms. The first-order valence-electron chi connectivity index (χ1n) is 11.7. The van der Waals surface area contributed by atoms with Gasteiger partial charge in [0, 0.05) is 12.1 Å². The van der Waals surface area contributed by atoms with Gasteiger partial charge in [0.05, 0.1) is 17.1 Å². The lowest BCUT2D eigenvalue weighted by Gasteiger charge is -2.23. The molecule has 36 heavy (non-hydrogen) atoms. The number of rotatable bonds is 9. The highest BCUT2D eigenvalue weighted by Gasteiger charge is 2.36. The first-order chi connectivity index (χ1) is 17.3. The van der Waals surface area contributed by atoms with Gasteiger partial charge in [-0.2, -0.15) is 0 Å². The quantitative estimate of drug-likeness (QED) is 0.270. The van der Waals surface area contributed by atoms with Gasteiger partial charge in [-0.05, 0) is 72.7 Å². The fourth-order valence-corrected chi connectivity index (χ4v) is 4.48. The molecule has 0 saturated heterocycles. The summed E-state index contributed by atoms with van der Waals surface area (Å²) >= 11 is 0. The van der Waals surface area contributed by atoms with Crippen LogP contribution in [0.25, 0.3) is 11.0 Å². The van der Waals surface area contributed by atoms with Crippen molar-refractivity contribution in [2.45, 2.75) is 38.1 Å². The van der Waals surface area contributed by atoms with Gasteiger partial charge in [0.2, 0.25) is 5.95 Å². The normalized spacial score (nSPS) is 14.5. The summed E-state index contributed by atoms with van der Waals surface area (Å²) in [5.74, 6) is -0.172. The molecule has 1 unspecified atom stereocenters. The minimum absolute atomic E-state index is 0.0244. The van der Waals surface area contributed by atoms with Crippen LogP contribution in [0.2, 0.25) is 0 Å². The summed E-state index contributed by atoms with van der Waals surface area (Å²) in [6.45, 7) is 0. The predicted molar refractivity (Wildman–Crippen MR) is 129 cm³/mol. The minimum atomic E-state index is -4.76. The fraction of sp³-hybridized carbons (Fsp3) is 0.259. The maximum absolute atomic E-state index is 12.5. The molecule has 0 amide bonds. The van der Waals surface area contributed by atoms with Crippen molar-refractivity contribution in [2.75, 3.05) is 5.32 Å². The van der Waals surface area contributed by atoms with E-state index in [0.29, 0.717) is 24.0 Å². The Balaban J connectivity index is 1.55. The van der Waals surface area contributed by atoms with Crippen LogP contribution < -0.4 is 10.1 Å². The highest BCUT2D eigenvalue weighted by atomic mass is 19.4. The highest BCUT2D eigenvalue weighted by molar-refractivity contribution is 5.81. The molecule has 1 atom stereocenters. The number of carboxylic acid groups (broad SMARTS) is 1. The van der Waals surface area contributed by atoms with E-state index in [4.69, 9.17) is 10.1 Å². The van der Waals surface area contributed by atoms with Gasteiger partial charge in [-0.1, -0.05) is 36.4 Å². The van der Waals surface area contributed by atoms with Crippen molar-refractivity contribution in [3.05, 3.63) is 83.9 Å². The lowest BCUT2D eigenvalue weighted by Crippen LogP contribution is -2.17.